The van der Waals surface area contributed by atoms with Crippen LogP contribution in [0.5, 0.6) is 0 Å². The largest absolute Gasteiger partial charge is 0.383 e. The molecule has 0 fully saturated rings. The molecule has 1 aromatic rings. The van der Waals surface area contributed by atoms with Crippen LogP contribution in [0, 0.1) is 6.92 Å². The quantitative estimate of drug-likeness (QED) is 0.730. The summed E-state index contributed by atoms with van der Waals surface area (Å²) in [6.07, 6.45) is 3.32. The summed E-state index contributed by atoms with van der Waals surface area (Å²) in [5.41, 5.74) is 8.06. The molecule has 0 spiro atoms. The average molecular weight is 191 g/mol. The number of aromatic nitrogens is 1. The molecule has 1 heterocycles. The van der Waals surface area contributed by atoms with E-state index in [1.54, 1.807) is 12.3 Å². The van der Waals surface area contributed by atoms with Crippen LogP contribution in [0.25, 0.3) is 6.08 Å². The summed E-state index contributed by atoms with van der Waals surface area (Å²) in [7, 11) is 0. The van der Waals surface area contributed by atoms with Gasteiger partial charge >= 0.3 is 0 Å². The molecule has 0 aliphatic rings. The van der Waals surface area contributed by atoms with Gasteiger partial charge in [-0.1, -0.05) is 26.5 Å². The molecule has 0 bridgehead atoms. The predicted octanol–water partition coefficient (Wildman–Crippen LogP) is 2.97. The second-order valence-electron chi connectivity index (χ2n) is 2.43. The van der Waals surface area contributed by atoms with Crippen LogP contribution in [-0.4, -0.2) is 11.7 Å². The number of nitrogens with zero attached hydrogens (tertiary/aromatic N) is 2. The minimum Gasteiger partial charge on any atom is -0.383 e. The molecule has 0 aliphatic heterocycles. The Labute approximate surface area is 85.4 Å². The number of pyridine rings is 1. The van der Waals surface area contributed by atoms with Crippen molar-refractivity contribution in [3.8, 4) is 0 Å². The normalized spacial score (nSPS) is 8.50. The number of anilines is 1. The van der Waals surface area contributed by atoms with E-state index in [4.69, 9.17) is 5.73 Å². The van der Waals surface area contributed by atoms with Gasteiger partial charge < -0.3 is 5.73 Å². The van der Waals surface area contributed by atoms with Crippen LogP contribution in [0.3, 0.4) is 0 Å². The van der Waals surface area contributed by atoms with Crippen molar-refractivity contribution in [1.29, 1.82) is 0 Å². The van der Waals surface area contributed by atoms with E-state index in [1.807, 2.05) is 20.8 Å². The first-order valence-electron chi connectivity index (χ1n) is 4.55. The van der Waals surface area contributed by atoms with Crippen molar-refractivity contribution in [3.05, 3.63) is 23.9 Å². The van der Waals surface area contributed by atoms with Gasteiger partial charge in [0.2, 0.25) is 0 Å². The maximum Gasteiger partial charge on any atom is 0.128 e. The molecule has 0 aromatic carbocycles. The molecule has 3 nitrogen and oxygen atoms in total. The lowest BCUT2D eigenvalue weighted by atomic mass is 10.1. The van der Waals surface area contributed by atoms with E-state index < -0.39 is 0 Å². The van der Waals surface area contributed by atoms with Crippen molar-refractivity contribution >= 4 is 24.3 Å². The highest BCUT2D eigenvalue weighted by molar-refractivity contribution is 5.71. The van der Waals surface area contributed by atoms with Crippen LogP contribution >= 0.6 is 0 Å². The second kappa shape index (κ2) is 5.91. The van der Waals surface area contributed by atoms with Crippen LogP contribution in [0.15, 0.2) is 17.8 Å². The van der Waals surface area contributed by atoms with E-state index in [0.29, 0.717) is 5.82 Å². The molecule has 14 heavy (non-hydrogen) atoms. The van der Waals surface area contributed by atoms with Gasteiger partial charge in [0.15, 0.2) is 0 Å². The van der Waals surface area contributed by atoms with Gasteiger partial charge in [0.1, 0.15) is 5.82 Å². The highest BCUT2D eigenvalue weighted by Gasteiger charge is 2.04. The van der Waals surface area contributed by atoms with Gasteiger partial charge in [-0.2, -0.15) is 0 Å². The maximum absolute atomic E-state index is 5.59. The number of nitrogen functional groups attached to an aromatic ring is 1. The monoisotopic (exact) mass is 191 g/mol. The molecule has 1 aromatic heterocycles. The summed E-state index contributed by atoms with van der Waals surface area (Å²) in [5, 5.41) is 0. The SMILES string of the molecule is C=Cc1cnc(N)c(C)c1N=C.CC. The molecule has 0 saturated carbocycles. The minimum absolute atomic E-state index is 0.489. The van der Waals surface area contributed by atoms with E-state index in [-0.39, 0.29) is 0 Å². The second-order valence-corrected chi connectivity index (χ2v) is 2.43. The Bertz CT molecular complexity index is 330. The van der Waals surface area contributed by atoms with Crippen LogP contribution in [-0.2, 0) is 0 Å². The lowest BCUT2D eigenvalue weighted by Gasteiger charge is -2.05. The average Bonchev–Trinajstić information content (AvgIpc) is 2.24. The summed E-state index contributed by atoms with van der Waals surface area (Å²) in [6, 6.07) is 0. The fourth-order valence-corrected chi connectivity index (χ4v) is 0.994. The van der Waals surface area contributed by atoms with Crippen molar-refractivity contribution in [3.63, 3.8) is 0 Å². The zero-order valence-electron chi connectivity index (χ0n) is 9.04. The molecular formula is C11H17N3. The number of aliphatic imine (C=N–C) groups is 1. The molecular weight excluding hydrogens is 174 g/mol. The van der Waals surface area contributed by atoms with Crippen molar-refractivity contribution < 1.29 is 0 Å². The van der Waals surface area contributed by atoms with Crippen LogP contribution in [0.4, 0.5) is 11.5 Å². The van der Waals surface area contributed by atoms with E-state index in [9.17, 15) is 0 Å². The van der Waals surface area contributed by atoms with Gasteiger partial charge in [-0.3, -0.25) is 4.99 Å². The molecule has 2 N–H and O–H groups in total. The first-order valence-corrected chi connectivity index (χ1v) is 4.55. The van der Waals surface area contributed by atoms with Gasteiger partial charge in [-0.25, -0.2) is 4.98 Å². The van der Waals surface area contributed by atoms with Crippen molar-refractivity contribution in [2.45, 2.75) is 20.8 Å². The summed E-state index contributed by atoms with van der Waals surface area (Å²) in [6.45, 7) is 13.0. The highest BCUT2D eigenvalue weighted by Crippen LogP contribution is 2.26. The first-order chi connectivity index (χ1) is 6.70. The van der Waals surface area contributed by atoms with Gasteiger partial charge in [0, 0.05) is 17.3 Å². The van der Waals surface area contributed by atoms with Gasteiger partial charge in [-0.05, 0) is 13.6 Å². The fraction of sp³-hybridized carbons (Fsp3) is 0.273. The van der Waals surface area contributed by atoms with Crippen molar-refractivity contribution in [2.75, 3.05) is 5.73 Å². The summed E-state index contributed by atoms with van der Waals surface area (Å²) in [5.74, 6) is 0.489. The van der Waals surface area contributed by atoms with E-state index >= 15 is 0 Å². The number of hydrogen-bond acceptors (Lipinski definition) is 3. The summed E-state index contributed by atoms with van der Waals surface area (Å²) < 4.78 is 0. The van der Waals surface area contributed by atoms with Crippen molar-refractivity contribution in [2.24, 2.45) is 4.99 Å². The Morgan fingerprint density at radius 3 is 2.50 bits per heavy atom. The maximum atomic E-state index is 5.59. The molecule has 0 radical (unpaired) electrons. The third-order valence-electron chi connectivity index (χ3n) is 1.73. The zero-order valence-corrected chi connectivity index (χ0v) is 9.04. The Morgan fingerprint density at radius 1 is 1.50 bits per heavy atom. The fourth-order valence-electron chi connectivity index (χ4n) is 0.994. The van der Waals surface area contributed by atoms with E-state index in [2.05, 4.69) is 23.3 Å². The van der Waals surface area contributed by atoms with Gasteiger partial charge in [-0.15, -0.1) is 0 Å². The molecule has 3 heteroatoms. The smallest absolute Gasteiger partial charge is 0.128 e. The third kappa shape index (κ3) is 2.42. The van der Waals surface area contributed by atoms with Gasteiger partial charge in [0.05, 0.1) is 5.69 Å². The Balaban J connectivity index is 0.000000791. The molecule has 0 unspecified atom stereocenters. The van der Waals surface area contributed by atoms with Crippen molar-refractivity contribution in [1.82, 2.24) is 4.98 Å². The van der Waals surface area contributed by atoms with E-state index in [1.165, 1.54) is 0 Å². The van der Waals surface area contributed by atoms with Crippen LogP contribution < -0.4 is 5.73 Å². The summed E-state index contributed by atoms with van der Waals surface area (Å²) in [4.78, 5) is 7.84. The van der Waals surface area contributed by atoms with Crippen LogP contribution in [0.1, 0.15) is 25.0 Å². The van der Waals surface area contributed by atoms with E-state index in [0.717, 1.165) is 16.8 Å². The predicted molar refractivity (Wildman–Crippen MR) is 64.0 cm³/mol. The highest BCUT2D eigenvalue weighted by atomic mass is 14.8. The molecule has 1 rings (SSSR count). The Morgan fingerprint density at radius 2 is 2.07 bits per heavy atom. The lowest BCUT2D eigenvalue weighted by molar-refractivity contribution is 1.25. The Hall–Kier alpha value is -1.64. The topological polar surface area (TPSA) is 51.3 Å². The molecule has 76 valence electrons. The number of hydrogen-bond donors (Lipinski definition) is 1. The molecule has 0 atom stereocenters. The standard InChI is InChI=1S/C9H11N3.C2H6/c1-4-7-5-12-9(10)6(2)8(7)11-3;1-2/h4-5H,1,3H2,2H3,(H2,10,12);1-2H3. The number of rotatable bonds is 2. The third-order valence-corrected chi connectivity index (χ3v) is 1.73. The first kappa shape index (κ1) is 12.4. The van der Waals surface area contributed by atoms with Gasteiger partial charge in [0.25, 0.3) is 0 Å². The lowest BCUT2D eigenvalue weighted by Crippen LogP contribution is -1.94. The Kier molecular flexibility index (Phi) is 5.22. The molecule has 0 saturated heterocycles. The zero-order chi connectivity index (χ0) is 11.1. The number of nitrogens with two attached hydrogens (primary N) is 1. The summed E-state index contributed by atoms with van der Waals surface area (Å²) >= 11 is 0. The molecule has 0 amide bonds. The molecule has 0 aliphatic carbocycles. The minimum atomic E-state index is 0.489. The van der Waals surface area contributed by atoms with Crippen LogP contribution in [0.2, 0.25) is 0 Å².